The van der Waals surface area contributed by atoms with Gasteiger partial charge in [-0.15, -0.1) is 0 Å². The van der Waals surface area contributed by atoms with E-state index in [1.54, 1.807) is 60.1 Å². The maximum absolute atomic E-state index is 15.6. The Bertz CT molecular complexity index is 3000. The van der Waals surface area contributed by atoms with Crippen LogP contribution in [-0.2, 0) is 41.6 Å². The van der Waals surface area contributed by atoms with Gasteiger partial charge in [0.1, 0.15) is 34.5 Å². The van der Waals surface area contributed by atoms with E-state index in [9.17, 15) is 28.8 Å². The maximum atomic E-state index is 15.6. The molecule has 0 unspecified atom stereocenters. The number of allylic oxidation sites excluding steroid dienone is 4. The Hall–Kier alpha value is -8.14. The summed E-state index contributed by atoms with van der Waals surface area (Å²) in [6.45, 7) is 15.9. The number of ether oxygens (including phenoxy) is 6. The number of benzene rings is 4. The normalized spacial score (nSPS) is 19.9. The van der Waals surface area contributed by atoms with Crippen molar-refractivity contribution in [2.75, 3.05) is 14.2 Å². The van der Waals surface area contributed by atoms with E-state index in [4.69, 9.17) is 28.4 Å². The van der Waals surface area contributed by atoms with Crippen molar-refractivity contribution in [2.24, 2.45) is 0 Å². The number of Topliss-reactive ketones (excluding diaryl/α,β-unsaturated/α-hetero) is 2. The average molecular weight is 979 g/mol. The number of aryl methyl sites for hydroxylation is 2. The number of fused-ring (bicyclic) bond motifs is 4. The maximum Gasteiger partial charge on any atom is 0.308 e. The van der Waals surface area contributed by atoms with Crippen LogP contribution in [0.2, 0.25) is 0 Å². The van der Waals surface area contributed by atoms with Crippen molar-refractivity contribution >= 4 is 59.4 Å². The third-order valence-corrected chi connectivity index (χ3v) is 13.7. The van der Waals surface area contributed by atoms with E-state index in [-0.39, 0.29) is 69.6 Å². The lowest BCUT2D eigenvalue weighted by atomic mass is 9.73. The highest BCUT2D eigenvalue weighted by Gasteiger charge is 2.42. The highest BCUT2D eigenvalue weighted by Crippen LogP contribution is 2.53. The van der Waals surface area contributed by atoms with Crippen molar-refractivity contribution in [1.82, 2.24) is 9.80 Å². The summed E-state index contributed by atoms with van der Waals surface area (Å²) >= 11 is 0. The van der Waals surface area contributed by atoms with Crippen LogP contribution in [0.25, 0.3) is 11.1 Å². The van der Waals surface area contributed by atoms with Gasteiger partial charge >= 0.3 is 23.9 Å². The fraction of sp³-hybridized carbons (Fsp3) is 0.321. The highest BCUT2D eigenvalue weighted by atomic mass is 16.6. The first-order valence-electron chi connectivity index (χ1n) is 23.4. The summed E-state index contributed by atoms with van der Waals surface area (Å²) in [7, 11) is 2.84. The Balaban J connectivity index is 1.57. The highest BCUT2D eigenvalue weighted by molar-refractivity contribution is 6.28. The third kappa shape index (κ3) is 8.53. The number of nitrogens with zero attached hydrogens (tertiary/aromatic N) is 2. The van der Waals surface area contributed by atoms with E-state index in [0.717, 1.165) is 12.8 Å². The van der Waals surface area contributed by atoms with Gasteiger partial charge in [-0.2, -0.15) is 0 Å². The lowest BCUT2D eigenvalue weighted by molar-refractivity contribution is -0.133. The molecule has 4 aromatic carbocycles. The molecule has 4 aliphatic rings. The number of esters is 4. The molecule has 0 N–H and O–H groups in total. The Morgan fingerprint density at radius 2 is 0.833 bits per heavy atom. The monoisotopic (exact) mass is 978 g/mol. The van der Waals surface area contributed by atoms with E-state index in [1.807, 2.05) is 27.7 Å². The molecule has 2 amide bonds. The SMILES string of the molecule is COc1cc(C)cc2c1C(=O)/C(=C1\C=C(c3c(OC(C)=O)cc(OC(C)=O)c4c3C[C@@H](C)N(C=O)[C@@H]4C)c3cc(C)cc(OC)c3C1=O)C=C2c1c(OC(C)=O)cc(OC(C)=O)c2c1C[C@@H](C)N(C=O)[C@@H]2C. The molecule has 372 valence electrons. The second kappa shape index (κ2) is 19.2. The second-order valence-corrected chi connectivity index (χ2v) is 18.6. The van der Waals surface area contributed by atoms with Crippen molar-refractivity contribution in [3.05, 3.63) is 126 Å². The second-order valence-electron chi connectivity index (χ2n) is 18.6. The fourth-order valence-electron chi connectivity index (χ4n) is 10.9. The first-order chi connectivity index (χ1) is 34.1. The summed E-state index contributed by atoms with van der Waals surface area (Å²) < 4.78 is 35.4. The molecule has 0 saturated carbocycles. The minimum atomic E-state index is -0.704. The molecule has 72 heavy (non-hydrogen) atoms. The third-order valence-electron chi connectivity index (χ3n) is 13.7. The largest absolute Gasteiger partial charge is 0.496 e. The van der Waals surface area contributed by atoms with E-state index >= 15 is 9.59 Å². The number of carbonyl (C=O) groups is 8. The van der Waals surface area contributed by atoms with Gasteiger partial charge in [0.05, 0.1) is 37.4 Å². The van der Waals surface area contributed by atoms with Crippen LogP contribution in [-0.4, -0.2) is 84.4 Å². The summed E-state index contributed by atoms with van der Waals surface area (Å²) in [5.41, 5.74) is 5.60. The zero-order chi connectivity index (χ0) is 52.4. The van der Waals surface area contributed by atoms with Crippen molar-refractivity contribution in [2.45, 2.75) is 106 Å². The first-order valence-corrected chi connectivity index (χ1v) is 23.4. The molecule has 0 fully saturated rings. The molecular weight excluding hydrogens is 925 g/mol. The van der Waals surface area contributed by atoms with Crippen LogP contribution in [0.4, 0.5) is 0 Å². The standard InChI is InChI=1S/C56H54N2O14/c1-25-13-35-37(51-41-17-27(3)57(23-59)29(5)49(41)45(69-31(7)61)21-47(51)71-33(9)63)19-39(55(65)53(35)43(15-25)67-11)40-20-38(36-14-26(2)16-44(68-12)54(36)56(40)66)52-42-18-28(4)58(24-60)30(6)50(42)46(70-32(8)62)22-48(52)72-34(10)64/h13-16,19-24,27-30H,17-18H2,1-12H3/b40-39+/t27-,28-,29-,30-/m1/s1. The molecule has 2 aliphatic heterocycles. The predicted molar refractivity (Wildman–Crippen MR) is 262 cm³/mol. The molecule has 16 heteroatoms. The number of methoxy groups -OCH3 is 2. The minimum Gasteiger partial charge on any atom is -0.496 e. The summed E-state index contributed by atoms with van der Waals surface area (Å²) in [6.07, 6.45) is 4.96. The van der Waals surface area contributed by atoms with Crippen LogP contribution >= 0.6 is 0 Å². The van der Waals surface area contributed by atoms with Crippen LogP contribution in [0.15, 0.2) is 59.7 Å². The van der Waals surface area contributed by atoms with Crippen LogP contribution in [0, 0.1) is 13.8 Å². The van der Waals surface area contributed by atoms with E-state index in [2.05, 4.69) is 0 Å². The van der Waals surface area contributed by atoms with Crippen LogP contribution in [0.3, 0.4) is 0 Å². The number of rotatable bonds is 10. The van der Waals surface area contributed by atoms with Crippen molar-refractivity contribution in [3.8, 4) is 34.5 Å². The summed E-state index contributed by atoms with van der Waals surface area (Å²) in [4.78, 5) is 111. The lowest BCUT2D eigenvalue weighted by Gasteiger charge is -2.40. The minimum absolute atomic E-state index is 0.0142. The number of ketones is 2. The van der Waals surface area contributed by atoms with Crippen LogP contribution in [0.1, 0.15) is 144 Å². The van der Waals surface area contributed by atoms with E-state index in [0.29, 0.717) is 66.8 Å². The molecule has 2 aliphatic carbocycles. The van der Waals surface area contributed by atoms with Gasteiger partial charge in [-0.3, -0.25) is 38.4 Å². The predicted octanol–water partition coefficient (Wildman–Crippen LogP) is 8.20. The topological polar surface area (TPSA) is 198 Å². The van der Waals surface area contributed by atoms with Gasteiger partial charge in [0.15, 0.2) is 11.6 Å². The number of amides is 2. The zero-order valence-corrected chi connectivity index (χ0v) is 42.1. The molecule has 4 aromatic rings. The Morgan fingerprint density at radius 3 is 1.14 bits per heavy atom. The smallest absolute Gasteiger partial charge is 0.308 e. The summed E-state index contributed by atoms with van der Waals surface area (Å²) in [6, 6.07) is 7.68. The molecule has 2 heterocycles. The van der Waals surface area contributed by atoms with E-state index < -0.39 is 59.6 Å². The number of carbonyl (C=O) groups excluding carboxylic acids is 8. The van der Waals surface area contributed by atoms with Gasteiger partial charge in [0, 0.05) is 85.3 Å². The summed E-state index contributed by atoms with van der Waals surface area (Å²) in [5, 5.41) is 0. The van der Waals surface area contributed by atoms with Crippen molar-refractivity contribution in [1.29, 1.82) is 0 Å². The molecule has 4 atom stereocenters. The van der Waals surface area contributed by atoms with Crippen molar-refractivity contribution in [3.63, 3.8) is 0 Å². The molecular formula is C56H54N2O14. The molecule has 16 nitrogen and oxygen atoms in total. The van der Waals surface area contributed by atoms with E-state index in [1.165, 1.54) is 54.0 Å². The van der Waals surface area contributed by atoms with Gasteiger partial charge < -0.3 is 38.2 Å². The molecule has 0 aromatic heterocycles. The average Bonchev–Trinajstić information content (AvgIpc) is 3.28. The van der Waals surface area contributed by atoms with Gasteiger partial charge in [-0.05, 0) is 123 Å². The van der Waals surface area contributed by atoms with Crippen molar-refractivity contribution < 1.29 is 66.8 Å². The first kappa shape index (κ1) is 50.3. The Labute approximate surface area is 416 Å². The number of hydrogen-bond donors (Lipinski definition) is 0. The van der Waals surface area contributed by atoms with Gasteiger partial charge in [-0.25, -0.2) is 0 Å². The van der Waals surface area contributed by atoms with Crippen LogP contribution < -0.4 is 28.4 Å². The molecule has 0 radical (unpaired) electrons. The fourth-order valence-corrected chi connectivity index (χ4v) is 10.9. The lowest BCUT2D eigenvalue weighted by Crippen LogP contribution is -2.41. The van der Waals surface area contributed by atoms with Gasteiger partial charge in [0.2, 0.25) is 12.8 Å². The Morgan fingerprint density at radius 1 is 0.500 bits per heavy atom. The Kier molecular flexibility index (Phi) is 13.4. The zero-order valence-electron chi connectivity index (χ0n) is 42.1. The molecule has 0 bridgehead atoms. The summed E-state index contributed by atoms with van der Waals surface area (Å²) in [5.74, 6) is -3.44. The molecule has 0 spiro atoms. The van der Waals surface area contributed by atoms with Gasteiger partial charge in [-0.1, -0.05) is 12.1 Å². The number of hydrogen-bond acceptors (Lipinski definition) is 14. The molecule has 0 saturated heterocycles. The van der Waals surface area contributed by atoms with Gasteiger partial charge in [0.25, 0.3) is 0 Å². The van der Waals surface area contributed by atoms with Crippen LogP contribution in [0.5, 0.6) is 34.5 Å². The molecule has 8 rings (SSSR count). The quantitative estimate of drug-likeness (QED) is 0.0638.